The van der Waals surface area contributed by atoms with E-state index in [4.69, 9.17) is 4.74 Å². The van der Waals surface area contributed by atoms with Crippen molar-refractivity contribution in [3.63, 3.8) is 0 Å². The summed E-state index contributed by atoms with van der Waals surface area (Å²) in [6.07, 6.45) is 1.36. The highest BCUT2D eigenvalue weighted by molar-refractivity contribution is 5.81. The van der Waals surface area contributed by atoms with Crippen molar-refractivity contribution in [3.8, 4) is 5.75 Å². The monoisotopic (exact) mass is 389 g/mol. The Morgan fingerprint density at radius 1 is 1.18 bits per heavy atom. The number of carbonyl (C=O) groups is 1. The molecule has 1 aliphatic rings. The molecule has 7 heteroatoms. The van der Waals surface area contributed by atoms with Crippen LogP contribution in [0.2, 0.25) is 0 Å². The van der Waals surface area contributed by atoms with Gasteiger partial charge in [-0.3, -0.25) is 9.79 Å². The first-order valence-corrected chi connectivity index (χ1v) is 10.3. The van der Waals surface area contributed by atoms with Gasteiger partial charge in [0.2, 0.25) is 5.91 Å². The van der Waals surface area contributed by atoms with Crippen LogP contribution in [0, 0.1) is 0 Å². The topological polar surface area (TPSA) is 69.2 Å². The van der Waals surface area contributed by atoms with Crippen LogP contribution in [0.1, 0.15) is 33.6 Å². The van der Waals surface area contributed by atoms with Crippen molar-refractivity contribution in [1.82, 2.24) is 15.5 Å². The average molecular weight is 390 g/mol. The number of guanidine groups is 1. The Hall–Kier alpha value is -2.44. The van der Waals surface area contributed by atoms with Crippen LogP contribution >= 0.6 is 0 Å². The summed E-state index contributed by atoms with van der Waals surface area (Å²) in [5.41, 5.74) is 1.21. The first-order valence-electron chi connectivity index (χ1n) is 10.3. The second kappa shape index (κ2) is 11.4. The molecule has 7 nitrogen and oxygen atoms in total. The molecule has 0 radical (unpaired) electrons. The summed E-state index contributed by atoms with van der Waals surface area (Å²) in [4.78, 5) is 21.3. The lowest BCUT2D eigenvalue weighted by atomic mass is 10.2. The lowest BCUT2D eigenvalue weighted by Gasteiger charge is -2.37. The van der Waals surface area contributed by atoms with Gasteiger partial charge in [-0.05, 0) is 44.5 Å². The fraction of sp³-hybridized carbons (Fsp3) is 0.619. The van der Waals surface area contributed by atoms with Gasteiger partial charge in [-0.1, -0.05) is 6.92 Å². The second-order valence-electron chi connectivity index (χ2n) is 7.03. The molecule has 1 aromatic carbocycles. The van der Waals surface area contributed by atoms with Crippen LogP contribution in [0.5, 0.6) is 5.75 Å². The Bertz CT molecular complexity index is 624. The fourth-order valence-corrected chi connectivity index (χ4v) is 3.11. The molecule has 0 bridgehead atoms. The molecule has 1 saturated heterocycles. The number of amides is 1. The molecule has 1 aliphatic heterocycles. The van der Waals surface area contributed by atoms with Crippen molar-refractivity contribution in [2.75, 3.05) is 51.3 Å². The van der Waals surface area contributed by atoms with Gasteiger partial charge in [-0.2, -0.15) is 0 Å². The predicted molar refractivity (Wildman–Crippen MR) is 115 cm³/mol. The minimum Gasteiger partial charge on any atom is -0.497 e. The maximum atomic E-state index is 11.9. The van der Waals surface area contributed by atoms with Crippen LogP contribution in [0.25, 0.3) is 0 Å². The number of nitrogens with zero attached hydrogens (tertiary/aromatic N) is 3. The van der Waals surface area contributed by atoms with Crippen molar-refractivity contribution < 1.29 is 9.53 Å². The Morgan fingerprint density at radius 3 is 2.43 bits per heavy atom. The number of hydrogen-bond acceptors (Lipinski definition) is 4. The summed E-state index contributed by atoms with van der Waals surface area (Å²) in [5, 5.41) is 6.35. The SMILES string of the molecule is CCNC(=NCCC(=O)NC(C)CC)N1CCN(c2ccc(OC)cc2)CC1. The molecule has 1 fully saturated rings. The van der Waals surface area contributed by atoms with Crippen molar-refractivity contribution in [1.29, 1.82) is 0 Å². The number of rotatable bonds is 8. The lowest BCUT2D eigenvalue weighted by Crippen LogP contribution is -2.52. The van der Waals surface area contributed by atoms with Gasteiger partial charge in [-0.25, -0.2) is 0 Å². The first kappa shape index (κ1) is 21.9. The number of hydrogen-bond donors (Lipinski definition) is 2. The summed E-state index contributed by atoms with van der Waals surface area (Å²) in [6, 6.07) is 8.42. The number of methoxy groups -OCH3 is 1. The van der Waals surface area contributed by atoms with E-state index < -0.39 is 0 Å². The van der Waals surface area contributed by atoms with Gasteiger partial charge >= 0.3 is 0 Å². The van der Waals surface area contributed by atoms with Gasteiger partial charge < -0.3 is 25.2 Å². The summed E-state index contributed by atoms with van der Waals surface area (Å²) in [7, 11) is 1.68. The van der Waals surface area contributed by atoms with Crippen LogP contribution in [-0.2, 0) is 4.79 Å². The van der Waals surface area contributed by atoms with E-state index in [1.165, 1.54) is 5.69 Å². The smallest absolute Gasteiger partial charge is 0.222 e. The molecule has 0 aliphatic carbocycles. The van der Waals surface area contributed by atoms with Crippen LogP contribution in [0.3, 0.4) is 0 Å². The quantitative estimate of drug-likeness (QED) is 0.526. The largest absolute Gasteiger partial charge is 0.497 e. The highest BCUT2D eigenvalue weighted by Gasteiger charge is 2.20. The Kier molecular flexibility index (Phi) is 8.91. The van der Waals surface area contributed by atoms with Crippen LogP contribution in [0.15, 0.2) is 29.3 Å². The van der Waals surface area contributed by atoms with Crippen molar-refractivity contribution in [3.05, 3.63) is 24.3 Å². The van der Waals surface area contributed by atoms with Gasteiger partial charge in [0.25, 0.3) is 0 Å². The standard InChI is InChI=1S/C21H35N5O2/c1-5-17(3)24-20(27)11-12-23-21(22-6-2)26-15-13-25(14-16-26)18-7-9-19(28-4)10-8-18/h7-10,17H,5-6,11-16H2,1-4H3,(H,22,23)(H,24,27). The second-order valence-corrected chi connectivity index (χ2v) is 7.03. The van der Waals surface area contributed by atoms with E-state index in [9.17, 15) is 4.79 Å². The van der Waals surface area contributed by atoms with E-state index in [2.05, 4.69) is 51.4 Å². The Balaban J connectivity index is 1.86. The van der Waals surface area contributed by atoms with Crippen LogP contribution in [0.4, 0.5) is 5.69 Å². The predicted octanol–water partition coefficient (Wildman–Crippen LogP) is 2.09. The zero-order valence-corrected chi connectivity index (χ0v) is 17.7. The molecule has 1 aromatic rings. The summed E-state index contributed by atoms with van der Waals surface area (Å²) < 4.78 is 5.23. The van der Waals surface area contributed by atoms with Crippen LogP contribution < -0.4 is 20.3 Å². The molecular weight excluding hydrogens is 354 g/mol. The highest BCUT2D eigenvalue weighted by Crippen LogP contribution is 2.20. The van der Waals surface area contributed by atoms with Gasteiger partial charge in [0.15, 0.2) is 5.96 Å². The molecule has 1 unspecified atom stereocenters. The molecule has 1 atom stereocenters. The molecule has 0 spiro atoms. The molecule has 2 rings (SSSR count). The average Bonchev–Trinajstić information content (AvgIpc) is 2.73. The van der Waals surface area contributed by atoms with Gasteiger partial charge in [0.05, 0.1) is 13.7 Å². The number of aliphatic imine (C=N–C) groups is 1. The normalized spacial score (nSPS) is 15.9. The zero-order chi connectivity index (χ0) is 20.4. The molecule has 0 saturated carbocycles. The lowest BCUT2D eigenvalue weighted by molar-refractivity contribution is -0.121. The third-order valence-electron chi connectivity index (χ3n) is 4.97. The fourth-order valence-electron chi connectivity index (χ4n) is 3.11. The van der Waals surface area contributed by atoms with E-state index in [1.807, 2.05) is 19.1 Å². The van der Waals surface area contributed by atoms with Gasteiger partial charge in [0, 0.05) is 50.9 Å². The molecule has 0 aromatic heterocycles. The number of carbonyl (C=O) groups excluding carboxylic acids is 1. The van der Waals surface area contributed by atoms with Crippen LogP contribution in [-0.4, -0.2) is 69.2 Å². The Morgan fingerprint density at radius 2 is 1.86 bits per heavy atom. The first-order chi connectivity index (χ1) is 13.6. The van der Waals surface area contributed by atoms with Crippen molar-refractivity contribution in [2.24, 2.45) is 4.99 Å². The van der Waals surface area contributed by atoms with E-state index >= 15 is 0 Å². The van der Waals surface area contributed by atoms with Crippen molar-refractivity contribution in [2.45, 2.75) is 39.7 Å². The van der Waals surface area contributed by atoms with Gasteiger partial charge in [-0.15, -0.1) is 0 Å². The highest BCUT2D eigenvalue weighted by atomic mass is 16.5. The van der Waals surface area contributed by atoms with Crippen molar-refractivity contribution >= 4 is 17.6 Å². The van der Waals surface area contributed by atoms with Gasteiger partial charge in [0.1, 0.15) is 5.75 Å². The minimum absolute atomic E-state index is 0.0678. The number of ether oxygens (including phenoxy) is 1. The summed E-state index contributed by atoms with van der Waals surface area (Å²) >= 11 is 0. The maximum Gasteiger partial charge on any atom is 0.222 e. The third kappa shape index (κ3) is 6.62. The number of piperazine rings is 1. The molecule has 2 N–H and O–H groups in total. The molecule has 1 amide bonds. The number of benzene rings is 1. The molecular formula is C21H35N5O2. The molecule has 28 heavy (non-hydrogen) atoms. The van der Waals surface area contributed by atoms with E-state index in [-0.39, 0.29) is 11.9 Å². The Labute approximate surface area is 169 Å². The van der Waals surface area contributed by atoms with E-state index in [0.29, 0.717) is 13.0 Å². The molecule has 1 heterocycles. The molecule has 156 valence electrons. The summed E-state index contributed by atoms with van der Waals surface area (Å²) in [5.74, 6) is 1.84. The summed E-state index contributed by atoms with van der Waals surface area (Å²) in [6.45, 7) is 11.1. The van der Waals surface area contributed by atoms with E-state index in [0.717, 1.165) is 50.9 Å². The minimum atomic E-state index is 0.0678. The maximum absolute atomic E-state index is 11.9. The number of nitrogens with one attached hydrogen (secondary N) is 2. The van der Waals surface area contributed by atoms with E-state index in [1.54, 1.807) is 7.11 Å². The third-order valence-corrected chi connectivity index (χ3v) is 4.97. The zero-order valence-electron chi connectivity index (χ0n) is 17.7. The number of anilines is 1.